The van der Waals surface area contributed by atoms with Crippen LogP contribution in [0.2, 0.25) is 0 Å². The molecular formula is C12H12F2N2. The third-order valence-corrected chi connectivity index (χ3v) is 2.53. The fourth-order valence-electron chi connectivity index (χ4n) is 1.76. The van der Waals surface area contributed by atoms with Crippen LogP contribution in [0.25, 0.3) is 10.8 Å². The van der Waals surface area contributed by atoms with Gasteiger partial charge in [0.1, 0.15) is 0 Å². The molecule has 4 heteroatoms. The van der Waals surface area contributed by atoms with Crippen LogP contribution in [-0.4, -0.2) is 11.5 Å². The minimum atomic E-state index is -2.88. The van der Waals surface area contributed by atoms with Crippen LogP contribution in [0.1, 0.15) is 12.0 Å². The van der Waals surface area contributed by atoms with Gasteiger partial charge in [0.25, 0.3) is 5.92 Å². The summed E-state index contributed by atoms with van der Waals surface area (Å²) in [5.74, 6) is -2.88. The second-order valence-corrected chi connectivity index (χ2v) is 3.65. The Morgan fingerprint density at radius 1 is 1.25 bits per heavy atom. The number of benzene rings is 1. The zero-order chi connectivity index (χ0) is 11.6. The minimum absolute atomic E-state index is 0.0258. The van der Waals surface area contributed by atoms with Gasteiger partial charge in [-0.15, -0.1) is 0 Å². The Labute approximate surface area is 92.1 Å². The highest BCUT2D eigenvalue weighted by Gasteiger charge is 2.31. The summed E-state index contributed by atoms with van der Waals surface area (Å²) in [7, 11) is 0. The Hall–Kier alpha value is -1.55. The van der Waals surface area contributed by atoms with Crippen LogP contribution < -0.4 is 5.73 Å². The van der Waals surface area contributed by atoms with Crippen LogP contribution in [0.15, 0.2) is 36.7 Å². The quantitative estimate of drug-likeness (QED) is 0.867. The standard InChI is InChI=1S/C12H12F2N2/c13-12(14,5-6-15)11-3-1-2-9-8-16-7-4-10(9)11/h1-4,7-8H,5-6,15H2. The highest BCUT2D eigenvalue weighted by atomic mass is 19.3. The maximum absolute atomic E-state index is 13.8. The summed E-state index contributed by atoms with van der Waals surface area (Å²) >= 11 is 0. The molecule has 0 saturated heterocycles. The van der Waals surface area contributed by atoms with E-state index in [4.69, 9.17) is 5.73 Å². The maximum atomic E-state index is 13.8. The number of aromatic nitrogens is 1. The normalized spacial score (nSPS) is 11.9. The number of pyridine rings is 1. The molecular weight excluding hydrogens is 210 g/mol. The van der Waals surface area contributed by atoms with E-state index in [-0.39, 0.29) is 18.5 Å². The Morgan fingerprint density at radius 2 is 2.06 bits per heavy atom. The number of hydrogen-bond acceptors (Lipinski definition) is 2. The molecule has 0 aliphatic rings. The van der Waals surface area contributed by atoms with E-state index in [0.717, 1.165) is 5.39 Å². The predicted octanol–water partition coefficient (Wildman–Crippen LogP) is 2.68. The van der Waals surface area contributed by atoms with Crippen LogP contribution in [0.3, 0.4) is 0 Å². The van der Waals surface area contributed by atoms with Crippen LogP contribution in [0.5, 0.6) is 0 Å². The van der Waals surface area contributed by atoms with Gasteiger partial charge >= 0.3 is 0 Å². The van der Waals surface area contributed by atoms with Crippen molar-refractivity contribution in [2.75, 3.05) is 6.54 Å². The topological polar surface area (TPSA) is 38.9 Å². The molecule has 0 atom stereocenters. The molecule has 0 spiro atoms. The number of rotatable bonds is 3. The first-order valence-electron chi connectivity index (χ1n) is 5.06. The van der Waals surface area contributed by atoms with Crippen LogP contribution in [0, 0.1) is 0 Å². The smallest absolute Gasteiger partial charge is 0.275 e. The fraction of sp³-hybridized carbons (Fsp3) is 0.250. The summed E-state index contributed by atoms with van der Waals surface area (Å²) in [6, 6.07) is 6.43. The Morgan fingerprint density at radius 3 is 2.81 bits per heavy atom. The van der Waals surface area contributed by atoms with Gasteiger partial charge in [-0.3, -0.25) is 4.98 Å². The van der Waals surface area contributed by atoms with E-state index in [0.29, 0.717) is 5.39 Å². The van der Waals surface area contributed by atoms with E-state index in [1.54, 1.807) is 24.4 Å². The van der Waals surface area contributed by atoms with Crippen LogP contribution in [0.4, 0.5) is 8.78 Å². The van der Waals surface area contributed by atoms with Crippen LogP contribution >= 0.6 is 0 Å². The largest absolute Gasteiger partial charge is 0.330 e. The van der Waals surface area contributed by atoms with Crippen molar-refractivity contribution < 1.29 is 8.78 Å². The first-order valence-corrected chi connectivity index (χ1v) is 5.06. The van der Waals surface area contributed by atoms with E-state index in [9.17, 15) is 8.78 Å². The number of halogens is 2. The van der Waals surface area contributed by atoms with E-state index in [1.165, 1.54) is 12.3 Å². The summed E-state index contributed by atoms with van der Waals surface area (Å²) in [5, 5.41) is 1.26. The van der Waals surface area contributed by atoms with E-state index in [1.807, 2.05) is 0 Å². The van der Waals surface area contributed by atoms with Gasteiger partial charge in [0.05, 0.1) is 0 Å². The maximum Gasteiger partial charge on any atom is 0.275 e. The summed E-state index contributed by atoms with van der Waals surface area (Å²) in [6.07, 6.45) is 2.76. The van der Waals surface area contributed by atoms with Crippen LogP contribution in [-0.2, 0) is 5.92 Å². The van der Waals surface area contributed by atoms with Gasteiger partial charge in [-0.25, -0.2) is 8.78 Å². The Kier molecular flexibility index (Phi) is 2.83. The van der Waals surface area contributed by atoms with Gasteiger partial charge < -0.3 is 5.73 Å². The molecule has 1 heterocycles. The molecule has 0 amide bonds. The molecule has 0 aliphatic heterocycles. The van der Waals surface area contributed by atoms with E-state index >= 15 is 0 Å². The van der Waals surface area contributed by atoms with Gasteiger partial charge in [0.2, 0.25) is 0 Å². The molecule has 2 nitrogen and oxygen atoms in total. The molecule has 2 N–H and O–H groups in total. The molecule has 2 aromatic rings. The van der Waals surface area contributed by atoms with E-state index in [2.05, 4.69) is 4.98 Å². The molecule has 0 unspecified atom stereocenters. The number of hydrogen-bond donors (Lipinski definition) is 1. The van der Waals surface area contributed by atoms with Gasteiger partial charge in [-0.2, -0.15) is 0 Å². The van der Waals surface area contributed by atoms with Crippen molar-refractivity contribution in [3.63, 3.8) is 0 Å². The average molecular weight is 222 g/mol. The van der Waals surface area contributed by atoms with Crippen molar-refractivity contribution in [3.05, 3.63) is 42.2 Å². The third-order valence-electron chi connectivity index (χ3n) is 2.53. The molecule has 2 rings (SSSR count). The molecule has 0 fully saturated rings. The fourth-order valence-corrected chi connectivity index (χ4v) is 1.76. The molecule has 0 saturated carbocycles. The molecule has 0 aliphatic carbocycles. The molecule has 16 heavy (non-hydrogen) atoms. The van der Waals surface area contributed by atoms with Gasteiger partial charge in [-0.05, 0) is 18.0 Å². The van der Waals surface area contributed by atoms with Crippen molar-refractivity contribution >= 4 is 10.8 Å². The third kappa shape index (κ3) is 1.88. The van der Waals surface area contributed by atoms with E-state index < -0.39 is 5.92 Å². The minimum Gasteiger partial charge on any atom is -0.330 e. The van der Waals surface area contributed by atoms with Gasteiger partial charge in [0.15, 0.2) is 0 Å². The molecule has 1 aromatic heterocycles. The number of nitrogens with zero attached hydrogens (tertiary/aromatic N) is 1. The zero-order valence-electron chi connectivity index (χ0n) is 8.66. The van der Waals surface area contributed by atoms with Crippen molar-refractivity contribution in [1.82, 2.24) is 4.98 Å². The molecule has 0 bridgehead atoms. The summed E-state index contributed by atoms with van der Waals surface area (Å²) < 4.78 is 27.6. The zero-order valence-corrected chi connectivity index (χ0v) is 8.66. The SMILES string of the molecule is NCCC(F)(F)c1cccc2cnccc12. The highest BCUT2D eigenvalue weighted by molar-refractivity contribution is 5.85. The Bertz CT molecular complexity index is 492. The highest BCUT2D eigenvalue weighted by Crippen LogP contribution is 2.35. The second kappa shape index (κ2) is 4.14. The first-order chi connectivity index (χ1) is 7.65. The lowest BCUT2D eigenvalue weighted by Crippen LogP contribution is -2.18. The second-order valence-electron chi connectivity index (χ2n) is 3.65. The van der Waals surface area contributed by atoms with Crippen molar-refractivity contribution in [2.45, 2.75) is 12.3 Å². The lowest BCUT2D eigenvalue weighted by atomic mass is 9.99. The summed E-state index contributed by atoms with van der Waals surface area (Å²) in [4.78, 5) is 3.91. The van der Waals surface area contributed by atoms with Gasteiger partial charge in [-0.1, -0.05) is 18.2 Å². The number of alkyl halides is 2. The molecule has 1 aromatic carbocycles. The van der Waals surface area contributed by atoms with Gasteiger partial charge in [0, 0.05) is 29.8 Å². The first kappa shape index (κ1) is 11.0. The lowest BCUT2D eigenvalue weighted by Gasteiger charge is -2.17. The monoisotopic (exact) mass is 222 g/mol. The van der Waals surface area contributed by atoms with Crippen molar-refractivity contribution in [1.29, 1.82) is 0 Å². The van der Waals surface area contributed by atoms with Crippen molar-refractivity contribution in [3.8, 4) is 0 Å². The Balaban J connectivity index is 2.60. The number of nitrogens with two attached hydrogens (primary N) is 1. The molecule has 0 radical (unpaired) electrons. The number of fused-ring (bicyclic) bond motifs is 1. The average Bonchev–Trinajstić information content (AvgIpc) is 2.28. The summed E-state index contributed by atoms with van der Waals surface area (Å²) in [6.45, 7) is -0.0333. The lowest BCUT2D eigenvalue weighted by molar-refractivity contribution is -0.00913. The molecule has 84 valence electrons. The summed E-state index contributed by atoms with van der Waals surface area (Å²) in [5.41, 5.74) is 5.23. The van der Waals surface area contributed by atoms with Crippen molar-refractivity contribution in [2.24, 2.45) is 5.73 Å². The predicted molar refractivity (Wildman–Crippen MR) is 59.3 cm³/mol.